The normalized spacial score (nSPS) is 8.00. The summed E-state index contributed by atoms with van der Waals surface area (Å²) in [5.41, 5.74) is 9.92. The van der Waals surface area contributed by atoms with E-state index in [0.717, 1.165) is 11.1 Å². The highest BCUT2D eigenvalue weighted by Gasteiger charge is 1.91. The third-order valence-corrected chi connectivity index (χ3v) is 1.62. The van der Waals surface area contributed by atoms with Crippen LogP contribution in [0.1, 0.15) is 11.1 Å². The Morgan fingerprint density at radius 2 is 2.29 bits per heavy atom. The first-order valence-electron chi connectivity index (χ1n) is 4.09. The van der Waals surface area contributed by atoms with Gasteiger partial charge in [-0.3, -0.25) is 0 Å². The number of benzene rings is 1. The van der Waals surface area contributed by atoms with E-state index in [4.69, 9.17) is 5.53 Å². The van der Waals surface area contributed by atoms with Crippen LogP contribution in [0.4, 0.5) is 0 Å². The molecule has 0 aromatic heterocycles. The fraction of sp³-hybridized carbons (Fsp3) is 0.0909. The summed E-state index contributed by atoms with van der Waals surface area (Å²) in [4.78, 5) is 2.61. The Hall–Kier alpha value is -2.17. The van der Waals surface area contributed by atoms with Gasteiger partial charge in [0.25, 0.3) is 0 Å². The zero-order valence-corrected chi connectivity index (χ0v) is 7.64. The number of azide groups is 1. The minimum Gasteiger partial charge on any atom is -0.0984 e. The maximum atomic E-state index is 8.04. The van der Waals surface area contributed by atoms with Gasteiger partial charge in [0.2, 0.25) is 0 Å². The van der Waals surface area contributed by atoms with Crippen molar-refractivity contribution < 1.29 is 0 Å². The lowest BCUT2D eigenvalue weighted by Crippen LogP contribution is -1.80. The Labute approximate surface area is 82.7 Å². The van der Waals surface area contributed by atoms with Crippen LogP contribution in [0.15, 0.2) is 36.0 Å². The standard InChI is InChI=1S/C11H9N3/c1-2-10-6-3-4-7-11(10)8-5-9-13-14-12/h2-4,6-7H,1,9H2. The molecule has 0 saturated heterocycles. The molecule has 0 fully saturated rings. The molecule has 14 heavy (non-hydrogen) atoms. The number of nitrogens with zero attached hydrogens (tertiary/aromatic N) is 3. The summed E-state index contributed by atoms with van der Waals surface area (Å²) in [5.74, 6) is 5.67. The van der Waals surface area contributed by atoms with Crippen molar-refractivity contribution in [3.05, 3.63) is 52.4 Å². The van der Waals surface area contributed by atoms with E-state index >= 15 is 0 Å². The summed E-state index contributed by atoms with van der Waals surface area (Å²) in [7, 11) is 0. The molecule has 1 aromatic carbocycles. The van der Waals surface area contributed by atoms with E-state index in [1.54, 1.807) is 6.08 Å². The molecule has 0 unspecified atom stereocenters. The Morgan fingerprint density at radius 1 is 1.50 bits per heavy atom. The Kier molecular flexibility index (Phi) is 3.87. The average Bonchev–Trinajstić information content (AvgIpc) is 2.25. The average molecular weight is 183 g/mol. The van der Waals surface area contributed by atoms with Gasteiger partial charge in [-0.25, -0.2) is 0 Å². The first-order chi connectivity index (χ1) is 6.88. The molecule has 0 atom stereocenters. The van der Waals surface area contributed by atoms with Crippen molar-refractivity contribution in [2.24, 2.45) is 5.11 Å². The van der Waals surface area contributed by atoms with Gasteiger partial charge in [0.05, 0.1) is 6.54 Å². The smallest absolute Gasteiger partial charge is 0.0880 e. The van der Waals surface area contributed by atoms with Crippen molar-refractivity contribution in [3.8, 4) is 11.8 Å². The molecule has 68 valence electrons. The minimum absolute atomic E-state index is 0.196. The third-order valence-electron chi connectivity index (χ3n) is 1.62. The monoisotopic (exact) mass is 183 g/mol. The molecule has 0 bridgehead atoms. The zero-order valence-electron chi connectivity index (χ0n) is 7.64. The van der Waals surface area contributed by atoms with Gasteiger partial charge in [-0.15, -0.1) is 0 Å². The maximum absolute atomic E-state index is 8.04. The van der Waals surface area contributed by atoms with E-state index in [9.17, 15) is 0 Å². The predicted molar refractivity (Wildman–Crippen MR) is 57.4 cm³/mol. The van der Waals surface area contributed by atoms with E-state index in [-0.39, 0.29) is 6.54 Å². The maximum Gasteiger partial charge on any atom is 0.0880 e. The van der Waals surface area contributed by atoms with Crippen LogP contribution >= 0.6 is 0 Å². The summed E-state index contributed by atoms with van der Waals surface area (Å²) in [5, 5.41) is 3.32. The van der Waals surface area contributed by atoms with Crippen molar-refractivity contribution in [1.29, 1.82) is 0 Å². The van der Waals surface area contributed by atoms with E-state index in [1.165, 1.54) is 0 Å². The molecule has 0 aliphatic rings. The highest BCUT2D eigenvalue weighted by atomic mass is 15.1. The van der Waals surface area contributed by atoms with E-state index < -0.39 is 0 Å². The highest BCUT2D eigenvalue weighted by Crippen LogP contribution is 2.07. The van der Waals surface area contributed by atoms with Gasteiger partial charge in [0, 0.05) is 10.5 Å². The van der Waals surface area contributed by atoms with Gasteiger partial charge in [0.15, 0.2) is 0 Å². The molecule has 3 nitrogen and oxygen atoms in total. The molecular weight excluding hydrogens is 174 g/mol. The second-order valence-corrected chi connectivity index (χ2v) is 2.48. The van der Waals surface area contributed by atoms with Crippen LogP contribution in [0.5, 0.6) is 0 Å². The largest absolute Gasteiger partial charge is 0.0984 e. The van der Waals surface area contributed by atoms with Crippen LogP contribution in [0, 0.1) is 11.8 Å². The van der Waals surface area contributed by atoms with E-state index in [0.29, 0.717) is 0 Å². The first kappa shape index (κ1) is 9.91. The van der Waals surface area contributed by atoms with Gasteiger partial charge in [-0.1, -0.05) is 47.8 Å². The lowest BCUT2D eigenvalue weighted by Gasteiger charge is -1.95. The summed E-state index contributed by atoms with van der Waals surface area (Å²) in [6, 6.07) is 7.67. The fourth-order valence-corrected chi connectivity index (χ4v) is 0.991. The predicted octanol–water partition coefficient (Wildman–Crippen LogP) is 2.99. The molecule has 0 aliphatic heterocycles. The van der Waals surface area contributed by atoms with Gasteiger partial charge in [0.1, 0.15) is 0 Å². The molecular formula is C11H9N3. The molecule has 0 amide bonds. The van der Waals surface area contributed by atoms with Crippen molar-refractivity contribution in [2.45, 2.75) is 0 Å². The number of rotatable bonds is 2. The molecule has 0 spiro atoms. The lowest BCUT2D eigenvalue weighted by molar-refractivity contribution is 1.25. The number of hydrogen-bond acceptors (Lipinski definition) is 1. The zero-order chi connectivity index (χ0) is 10.2. The van der Waals surface area contributed by atoms with E-state index in [2.05, 4.69) is 28.4 Å². The Bertz CT molecular complexity index is 431. The van der Waals surface area contributed by atoms with Crippen molar-refractivity contribution in [3.63, 3.8) is 0 Å². The summed E-state index contributed by atoms with van der Waals surface area (Å²) < 4.78 is 0. The van der Waals surface area contributed by atoms with E-state index in [1.807, 2.05) is 24.3 Å². The van der Waals surface area contributed by atoms with Gasteiger partial charge < -0.3 is 0 Å². The van der Waals surface area contributed by atoms with Crippen molar-refractivity contribution in [1.82, 2.24) is 0 Å². The van der Waals surface area contributed by atoms with Crippen LogP contribution in [-0.2, 0) is 0 Å². The van der Waals surface area contributed by atoms with Crippen molar-refractivity contribution >= 4 is 6.08 Å². The SMILES string of the molecule is C=Cc1ccccc1C#CCN=[N+]=[N-]. The summed E-state index contributed by atoms with van der Waals surface area (Å²) in [6.45, 7) is 3.88. The van der Waals surface area contributed by atoms with Gasteiger partial charge in [-0.05, 0) is 17.2 Å². The van der Waals surface area contributed by atoms with Crippen LogP contribution in [0.3, 0.4) is 0 Å². The summed E-state index contributed by atoms with van der Waals surface area (Å²) in [6.07, 6.45) is 1.75. The van der Waals surface area contributed by atoms with Crippen LogP contribution < -0.4 is 0 Å². The highest BCUT2D eigenvalue weighted by molar-refractivity contribution is 5.57. The van der Waals surface area contributed by atoms with Gasteiger partial charge >= 0.3 is 0 Å². The van der Waals surface area contributed by atoms with Crippen molar-refractivity contribution in [2.75, 3.05) is 6.54 Å². The van der Waals surface area contributed by atoms with Crippen LogP contribution in [-0.4, -0.2) is 6.54 Å². The Balaban J connectivity index is 2.88. The summed E-state index contributed by atoms with van der Waals surface area (Å²) >= 11 is 0. The quantitative estimate of drug-likeness (QED) is 0.293. The topological polar surface area (TPSA) is 48.8 Å². The molecule has 0 N–H and O–H groups in total. The molecule has 1 aromatic rings. The second kappa shape index (κ2) is 5.47. The van der Waals surface area contributed by atoms with Crippen LogP contribution in [0.25, 0.3) is 16.5 Å². The minimum atomic E-state index is 0.196. The lowest BCUT2D eigenvalue weighted by atomic mass is 10.1. The molecule has 1 rings (SSSR count). The molecule has 0 heterocycles. The molecule has 0 radical (unpaired) electrons. The second-order valence-electron chi connectivity index (χ2n) is 2.48. The molecule has 0 aliphatic carbocycles. The molecule has 3 heteroatoms. The molecule has 0 saturated carbocycles. The number of hydrogen-bond donors (Lipinski definition) is 0. The fourth-order valence-electron chi connectivity index (χ4n) is 0.991. The third kappa shape index (κ3) is 2.71. The Morgan fingerprint density at radius 3 is 3.00 bits per heavy atom. The van der Waals surface area contributed by atoms with Crippen LogP contribution in [0.2, 0.25) is 0 Å². The van der Waals surface area contributed by atoms with Gasteiger partial charge in [-0.2, -0.15) is 0 Å². The first-order valence-corrected chi connectivity index (χ1v) is 4.09.